The first-order chi connectivity index (χ1) is 17.2. The van der Waals surface area contributed by atoms with Gasteiger partial charge in [-0.3, -0.25) is 14.6 Å². The maximum Gasteiger partial charge on any atom is 0.273 e. The molecule has 3 aromatic rings. The minimum atomic E-state index is -0.801. The highest BCUT2D eigenvalue weighted by Gasteiger charge is 2.34. The third kappa shape index (κ3) is 6.47. The van der Waals surface area contributed by atoms with Crippen LogP contribution >= 0.6 is 0 Å². The number of benzene rings is 2. The van der Waals surface area contributed by atoms with Crippen LogP contribution in [0, 0.1) is 0 Å². The standard InChI is InChI=1S/C29H33N3O3/c1-35-25-16-10-13-23(21-25)27(28(33)31-24-14-6-3-7-15-24)32(20-18-22-11-4-2-5-12-22)29(34)26-17-8-9-19-30-26/h2,4-5,8-13,16-17,19,21,24,27H,3,6-7,14-15,18,20H2,1H3,(H,31,33)/t27-/m1/s1. The molecule has 1 saturated carbocycles. The molecule has 0 spiro atoms. The summed E-state index contributed by atoms with van der Waals surface area (Å²) in [6.45, 7) is 0.374. The summed E-state index contributed by atoms with van der Waals surface area (Å²) in [6.07, 6.45) is 7.58. The Morgan fingerprint density at radius 3 is 2.49 bits per heavy atom. The fraction of sp³-hybridized carbons (Fsp3) is 0.345. The summed E-state index contributed by atoms with van der Waals surface area (Å²) < 4.78 is 5.44. The molecule has 6 heteroatoms. The van der Waals surface area contributed by atoms with Gasteiger partial charge in [-0.15, -0.1) is 0 Å². The zero-order valence-electron chi connectivity index (χ0n) is 20.2. The molecule has 0 aliphatic heterocycles. The zero-order valence-corrected chi connectivity index (χ0v) is 20.2. The van der Waals surface area contributed by atoms with E-state index in [1.54, 1.807) is 36.4 Å². The number of carbonyl (C=O) groups is 2. The number of rotatable bonds is 9. The van der Waals surface area contributed by atoms with E-state index in [1.807, 2.05) is 54.6 Å². The summed E-state index contributed by atoms with van der Waals surface area (Å²) in [4.78, 5) is 33.6. The summed E-state index contributed by atoms with van der Waals surface area (Å²) in [5.41, 5.74) is 2.14. The van der Waals surface area contributed by atoms with E-state index in [0.29, 0.717) is 24.4 Å². The third-order valence-corrected chi connectivity index (χ3v) is 6.55. The van der Waals surface area contributed by atoms with E-state index in [9.17, 15) is 9.59 Å². The molecule has 0 bridgehead atoms. The molecule has 0 saturated heterocycles. The fourth-order valence-corrected chi connectivity index (χ4v) is 4.69. The summed E-state index contributed by atoms with van der Waals surface area (Å²) in [6, 6.07) is 22.0. The van der Waals surface area contributed by atoms with Gasteiger partial charge in [-0.2, -0.15) is 0 Å². The predicted molar refractivity (Wildman–Crippen MR) is 136 cm³/mol. The average Bonchev–Trinajstić information content (AvgIpc) is 2.92. The van der Waals surface area contributed by atoms with E-state index in [4.69, 9.17) is 4.74 Å². The highest BCUT2D eigenvalue weighted by atomic mass is 16.5. The molecule has 4 rings (SSSR count). The van der Waals surface area contributed by atoms with E-state index in [2.05, 4.69) is 10.3 Å². The highest BCUT2D eigenvalue weighted by Crippen LogP contribution is 2.28. The second-order valence-electron chi connectivity index (χ2n) is 8.97. The molecule has 2 amide bonds. The third-order valence-electron chi connectivity index (χ3n) is 6.55. The number of amides is 2. The Balaban J connectivity index is 1.70. The number of carbonyl (C=O) groups excluding carboxylic acids is 2. The molecule has 35 heavy (non-hydrogen) atoms. The van der Waals surface area contributed by atoms with Gasteiger partial charge in [0.05, 0.1) is 7.11 Å². The van der Waals surface area contributed by atoms with Crippen LogP contribution in [-0.2, 0) is 11.2 Å². The second-order valence-corrected chi connectivity index (χ2v) is 8.97. The van der Waals surface area contributed by atoms with Gasteiger partial charge in [-0.25, -0.2) is 0 Å². The maximum absolute atomic E-state index is 13.8. The molecule has 1 aromatic heterocycles. The lowest BCUT2D eigenvalue weighted by molar-refractivity contribution is -0.126. The minimum Gasteiger partial charge on any atom is -0.497 e. The Morgan fingerprint density at radius 2 is 1.77 bits per heavy atom. The van der Waals surface area contributed by atoms with E-state index in [-0.39, 0.29) is 17.9 Å². The second kappa shape index (κ2) is 12.2. The van der Waals surface area contributed by atoms with Crippen molar-refractivity contribution < 1.29 is 14.3 Å². The lowest BCUT2D eigenvalue weighted by atomic mass is 9.94. The van der Waals surface area contributed by atoms with Crippen molar-refractivity contribution in [2.24, 2.45) is 0 Å². The molecular weight excluding hydrogens is 438 g/mol. The van der Waals surface area contributed by atoms with Crippen LogP contribution in [0.15, 0.2) is 79.0 Å². The fourth-order valence-electron chi connectivity index (χ4n) is 4.69. The zero-order chi connectivity index (χ0) is 24.5. The molecule has 6 nitrogen and oxygen atoms in total. The van der Waals surface area contributed by atoms with Crippen LogP contribution in [0.3, 0.4) is 0 Å². The van der Waals surface area contributed by atoms with Gasteiger partial charge in [0, 0.05) is 18.8 Å². The van der Waals surface area contributed by atoms with Crippen LogP contribution in [0.1, 0.15) is 59.8 Å². The van der Waals surface area contributed by atoms with Crippen LogP contribution < -0.4 is 10.1 Å². The van der Waals surface area contributed by atoms with Crippen molar-refractivity contribution in [2.45, 2.75) is 50.6 Å². The van der Waals surface area contributed by atoms with Gasteiger partial charge in [0.15, 0.2) is 0 Å². The van der Waals surface area contributed by atoms with Gasteiger partial charge in [-0.1, -0.05) is 67.8 Å². The largest absolute Gasteiger partial charge is 0.497 e. The highest BCUT2D eigenvalue weighted by molar-refractivity contribution is 5.96. The summed E-state index contributed by atoms with van der Waals surface area (Å²) in [7, 11) is 1.60. The lowest BCUT2D eigenvalue weighted by Crippen LogP contribution is -2.47. The number of nitrogens with one attached hydrogen (secondary N) is 1. The lowest BCUT2D eigenvalue weighted by Gasteiger charge is -2.33. The van der Waals surface area contributed by atoms with Crippen LogP contribution in [0.2, 0.25) is 0 Å². The van der Waals surface area contributed by atoms with E-state index in [1.165, 1.54) is 6.42 Å². The quantitative estimate of drug-likeness (QED) is 0.479. The smallest absolute Gasteiger partial charge is 0.273 e. The van der Waals surface area contributed by atoms with Crippen molar-refractivity contribution in [1.29, 1.82) is 0 Å². The van der Waals surface area contributed by atoms with Crippen molar-refractivity contribution in [3.05, 3.63) is 95.8 Å². The Kier molecular flexibility index (Phi) is 8.49. The Labute approximate surface area is 207 Å². The van der Waals surface area contributed by atoms with Crippen molar-refractivity contribution >= 4 is 11.8 Å². The first kappa shape index (κ1) is 24.5. The monoisotopic (exact) mass is 471 g/mol. The van der Waals surface area contributed by atoms with Crippen molar-refractivity contribution in [1.82, 2.24) is 15.2 Å². The molecule has 0 radical (unpaired) electrons. The Hall–Kier alpha value is -3.67. The molecular formula is C29H33N3O3. The van der Waals surface area contributed by atoms with Crippen LogP contribution in [0.5, 0.6) is 5.75 Å². The Morgan fingerprint density at radius 1 is 1.00 bits per heavy atom. The summed E-state index contributed by atoms with van der Waals surface area (Å²) in [5, 5.41) is 3.25. The van der Waals surface area contributed by atoms with Gasteiger partial charge < -0.3 is 15.0 Å². The number of aromatic nitrogens is 1. The topological polar surface area (TPSA) is 71.5 Å². The number of pyridine rings is 1. The van der Waals surface area contributed by atoms with Crippen molar-refractivity contribution in [3.63, 3.8) is 0 Å². The molecule has 1 aliphatic rings. The van der Waals surface area contributed by atoms with E-state index >= 15 is 0 Å². The van der Waals surface area contributed by atoms with Gasteiger partial charge in [-0.05, 0) is 54.7 Å². The summed E-state index contributed by atoms with van der Waals surface area (Å²) in [5.74, 6) is 0.210. The molecule has 0 unspecified atom stereocenters. The number of hydrogen-bond donors (Lipinski definition) is 1. The number of ether oxygens (including phenoxy) is 1. The first-order valence-electron chi connectivity index (χ1n) is 12.4. The predicted octanol–water partition coefficient (Wildman–Crippen LogP) is 4.97. The van der Waals surface area contributed by atoms with Crippen LogP contribution in [-0.4, -0.2) is 41.4 Å². The summed E-state index contributed by atoms with van der Waals surface area (Å²) >= 11 is 0. The molecule has 1 N–H and O–H groups in total. The normalized spacial score (nSPS) is 14.7. The number of methoxy groups -OCH3 is 1. The molecule has 1 heterocycles. The van der Waals surface area contributed by atoms with Crippen LogP contribution in [0.4, 0.5) is 0 Å². The van der Waals surface area contributed by atoms with Crippen LogP contribution in [0.25, 0.3) is 0 Å². The van der Waals surface area contributed by atoms with Gasteiger partial charge in [0.1, 0.15) is 17.5 Å². The molecule has 2 aromatic carbocycles. The Bertz CT molecular complexity index is 1100. The molecule has 1 aliphatic carbocycles. The maximum atomic E-state index is 13.8. The van der Waals surface area contributed by atoms with E-state index in [0.717, 1.165) is 36.8 Å². The van der Waals surface area contributed by atoms with Gasteiger partial charge in [0.25, 0.3) is 5.91 Å². The van der Waals surface area contributed by atoms with Crippen molar-refractivity contribution in [2.75, 3.05) is 13.7 Å². The van der Waals surface area contributed by atoms with Gasteiger partial charge in [0.2, 0.25) is 5.91 Å². The van der Waals surface area contributed by atoms with Crippen molar-refractivity contribution in [3.8, 4) is 5.75 Å². The molecule has 1 atom stereocenters. The average molecular weight is 472 g/mol. The number of hydrogen-bond acceptors (Lipinski definition) is 4. The minimum absolute atomic E-state index is 0.130. The first-order valence-corrected chi connectivity index (χ1v) is 12.4. The molecule has 1 fully saturated rings. The molecule has 182 valence electrons. The SMILES string of the molecule is COc1cccc([C@H](C(=O)NC2CCCCC2)N(CCc2ccccc2)C(=O)c2ccccn2)c1. The van der Waals surface area contributed by atoms with E-state index < -0.39 is 6.04 Å². The van der Waals surface area contributed by atoms with Gasteiger partial charge >= 0.3 is 0 Å². The number of nitrogens with zero attached hydrogens (tertiary/aromatic N) is 2.